The normalized spacial score (nSPS) is 23.0. The lowest BCUT2D eigenvalue weighted by Crippen LogP contribution is -2.37. The van der Waals surface area contributed by atoms with Gasteiger partial charge in [-0.25, -0.2) is 4.98 Å². The highest BCUT2D eigenvalue weighted by Gasteiger charge is 2.32. The zero-order valence-corrected chi connectivity index (χ0v) is 10.0. The number of nitrogens with one attached hydrogen (secondary N) is 1. The molecule has 0 bridgehead atoms. The average Bonchev–Trinajstić information content (AvgIpc) is 2.74. The largest absolute Gasteiger partial charge is 0.386 e. The summed E-state index contributed by atoms with van der Waals surface area (Å²) in [5.74, 6) is 0.512. The molecule has 2 heterocycles. The van der Waals surface area contributed by atoms with Gasteiger partial charge in [0.25, 0.3) is 5.69 Å². The predicted molar refractivity (Wildman–Crippen MR) is 64.5 cm³/mol. The Morgan fingerprint density at radius 3 is 3.06 bits per heavy atom. The van der Waals surface area contributed by atoms with Gasteiger partial charge in [0.15, 0.2) is 0 Å². The molecule has 1 unspecified atom stereocenters. The Morgan fingerprint density at radius 1 is 1.72 bits per heavy atom. The van der Waals surface area contributed by atoms with Crippen LogP contribution in [0.15, 0.2) is 12.3 Å². The molecule has 0 aromatic carbocycles. The molecule has 1 saturated heterocycles. The van der Waals surface area contributed by atoms with Gasteiger partial charge in [0.05, 0.1) is 11.5 Å². The molecule has 18 heavy (non-hydrogen) atoms. The molecular weight excluding hydrogens is 238 g/mol. The van der Waals surface area contributed by atoms with Gasteiger partial charge in [-0.3, -0.25) is 10.1 Å². The minimum Gasteiger partial charge on any atom is -0.386 e. The number of nitrogens with zero attached hydrogens (tertiary/aromatic N) is 2. The Balaban J connectivity index is 2.02. The Hall–Kier alpha value is -1.73. The first kappa shape index (κ1) is 12.7. The van der Waals surface area contributed by atoms with E-state index in [9.17, 15) is 15.2 Å². The third kappa shape index (κ3) is 2.74. The summed E-state index contributed by atoms with van der Waals surface area (Å²) < 4.78 is 5.12. The second-order valence-electron chi connectivity index (χ2n) is 4.49. The molecule has 1 aliphatic rings. The molecule has 7 nitrogen and oxygen atoms in total. The summed E-state index contributed by atoms with van der Waals surface area (Å²) in [7, 11) is 0. The molecule has 0 radical (unpaired) electrons. The molecule has 0 amide bonds. The van der Waals surface area contributed by atoms with Crippen LogP contribution in [0.3, 0.4) is 0 Å². The van der Waals surface area contributed by atoms with Gasteiger partial charge in [0.1, 0.15) is 17.6 Å². The summed E-state index contributed by atoms with van der Waals surface area (Å²) in [6.07, 6.45) is 1.79. The van der Waals surface area contributed by atoms with Crippen molar-refractivity contribution in [3.63, 3.8) is 0 Å². The average molecular weight is 253 g/mol. The highest BCUT2D eigenvalue weighted by Crippen LogP contribution is 2.21. The van der Waals surface area contributed by atoms with Gasteiger partial charge in [-0.15, -0.1) is 0 Å². The molecular formula is C11H15N3O4. The van der Waals surface area contributed by atoms with E-state index >= 15 is 0 Å². The van der Waals surface area contributed by atoms with E-state index < -0.39 is 10.5 Å². The van der Waals surface area contributed by atoms with Gasteiger partial charge in [0.2, 0.25) is 0 Å². The molecule has 98 valence electrons. The lowest BCUT2D eigenvalue weighted by molar-refractivity contribution is -0.385. The van der Waals surface area contributed by atoms with Crippen LogP contribution in [0.5, 0.6) is 0 Å². The molecule has 2 rings (SSSR count). The fourth-order valence-electron chi connectivity index (χ4n) is 1.83. The minimum absolute atomic E-state index is 0.0107. The highest BCUT2D eigenvalue weighted by molar-refractivity contribution is 5.47. The number of hydrogen-bond acceptors (Lipinski definition) is 6. The summed E-state index contributed by atoms with van der Waals surface area (Å²) in [6, 6.07) is 1.59. The van der Waals surface area contributed by atoms with Crippen molar-refractivity contribution >= 4 is 11.5 Å². The van der Waals surface area contributed by atoms with E-state index in [0.717, 1.165) is 0 Å². The molecule has 0 aliphatic carbocycles. The Kier molecular flexibility index (Phi) is 3.44. The standard InChI is InChI=1S/C11H15N3O4/c1-8-4-10(12-5-9(8)14(16)17)13-6-11(15)2-3-18-7-11/h4-5,15H,2-3,6-7H2,1H3,(H,12,13). The summed E-state index contributed by atoms with van der Waals surface area (Å²) >= 11 is 0. The molecule has 1 atom stereocenters. The van der Waals surface area contributed by atoms with Gasteiger partial charge in [0, 0.05) is 25.1 Å². The Labute approximate surface area is 104 Å². The van der Waals surface area contributed by atoms with E-state index in [2.05, 4.69) is 10.3 Å². The lowest BCUT2D eigenvalue weighted by Gasteiger charge is -2.20. The first-order valence-corrected chi connectivity index (χ1v) is 5.65. The Morgan fingerprint density at radius 2 is 2.50 bits per heavy atom. The van der Waals surface area contributed by atoms with Gasteiger partial charge >= 0.3 is 0 Å². The van der Waals surface area contributed by atoms with Crippen molar-refractivity contribution in [3.05, 3.63) is 27.9 Å². The van der Waals surface area contributed by atoms with E-state index in [4.69, 9.17) is 4.74 Å². The molecule has 7 heteroatoms. The number of ether oxygens (including phenoxy) is 1. The summed E-state index contributed by atoms with van der Waals surface area (Å²) in [6.45, 7) is 2.81. The Bertz CT molecular complexity index is 458. The van der Waals surface area contributed by atoms with Crippen LogP contribution in [0.4, 0.5) is 11.5 Å². The van der Waals surface area contributed by atoms with Crippen LogP contribution >= 0.6 is 0 Å². The predicted octanol–water partition coefficient (Wildman–Crippen LogP) is 0.862. The van der Waals surface area contributed by atoms with Gasteiger partial charge in [-0.05, 0) is 13.0 Å². The second-order valence-corrected chi connectivity index (χ2v) is 4.49. The molecule has 0 saturated carbocycles. The lowest BCUT2D eigenvalue weighted by atomic mass is 10.0. The first-order chi connectivity index (χ1) is 8.50. The van der Waals surface area contributed by atoms with Crippen molar-refractivity contribution in [2.24, 2.45) is 0 Å². The number of aromatic nitrogens is 1. The van der Waals surface area contributed by atoms with E-state index in [1.54, 1.807) is 13.0 Å². The zero-order chi connectivity index (χ0) is 13.2. The third-order valence-electron chi connectivity index (χ3n) is 2.96. The van der Waals surface area contributed by atoms with Crippen molar-refractivity contribution in [1.29, 1.82) is 0 Å². The molecule has 1 aromatic heterocycles. The number of aliphatic hydroxyl groups is 1. The second kappa shape index (κ2) is 4.87. The van der Waals surface area contributed by atoms with Crippen LogP contribution < -0.4 is 5.32 Å². The number of nitro groups is 1. The van der Waals surface area contributed by atoms with Crippen LogP contribution in [-0.4, -0.2) is 40.4 Å². The van der Waals surface area contributed by atoms with Crippen LogP contribution in [0.2, 0.25) is 0 Å². The maximum Gasteiger partial charge on any atom is 0.290 e. The maximum atomic E-state index is 10.6. The number of anilines is 1. The topological polar surface area (TPSA) is 97.5 Å². The monoisotopic (exact) mass is 253 g/mol. The summed E-state index contributed by atoms with van der Waals surface area (Å²) in [5, 5.41) is 23.7. The first-order valence-electron chi connectivity index (χ1n) is 5.65. The third-order valence-corrected chi connectivity index (χ3v) is 2.96. The van der Waals surface area contributed by atoms with Crippen LogP contribution in [0.25, 0.3) is 0 Å². The number of rotatable bonds is 4. The highest BCUT2D eigenvalue weighted by atomic mass is 16.6. The number of hydrogen-bond donors (Lipinski definition) is 2. The van der Waals surface area contributed by atoms with Crippen LogP contribution in [0, 0.1) is 17.0 Å². The molecule has 0 spiro atoms. The van der Waals surface area contributed by atoms with Crippen molar-refractivity contribution in [2.45, 2.75) is 18.9 Å². The quantitative estimate of drug-likeness (QED) is 0.610. The van der Waals surface area contributed by atoms with Crippen molar-refractivity contribution in [3.8, 4) is 0 Å². The van der Waals surface area contributed by atoms with E-state index in [0.29, 0.717) is 37.6 Å². The van der Waals surface area contributed by atoms with Gasteiger partial charge in [-0.1, -0.05) is 0 Å². The summed E-state index contributed by atoms with van der Waals surface area (Å²) in [5.41, 5.74) is -0.354. The van der Waals surface area contributed by atoms with E-state index in [1.165, 1.54) is 6.20 Å². The smallest absolute Gasteiger partial charge is 0.290 e. The molecule has 1 aromatic rings. The van der Waals surface area contributed by atoms with Crippen molar-refractivity contribution in [1.82, 2.24) is 4.98 Å². The molecule has 1 aliphatic heterocycles. The van der Waals surface area contributed by atoms with Crippen LogP contribution in [-0.2, 0) is 4.74 Å². The minimum atomic E-state index is -0.878. The number of aryl methyl sites for hydroxylation is 1. The van der Waals surface area contributed by atoms with Crippen molar-refractivity contribution < 1.29 is 14.8 Å². The van der Waals surface area contributed by atoms with Gasteiger partial charge < -0.3 is 15.2 Å². The van der Waals surface area contributed by atoms with Crippen molar-refractivity contribution in [2.75, 3.05) is 25.1 Å². The maximum absolute atomic E-state index is 10.6. The van der Waals surface area contributed by atoms with Crippen LogP contribution in [0.1, 0.15) is 12.0 Å². The van der Waals surface area contributed by atoms with Gasteiger partial charge in [-0.2, -0.15) is 0 Å². The fraction of sp³-hybridized carbons (Fsp3) is 0.545. The summed E-state index contributed by atoms with van der Waals surface area (Å²) in [4.78, 5) is 14.1. The van der Waals surface area contributed by atoms with E-state index in [-0.39, 0.29) is 5.69 Å². The zero-order valence-electron chi connectivity index (χ0n) is 10.0. The van der Waals surface area contributed by atoms with E-state index in [1.807, 2.05) is 0 Å². The molecule has 1 fully saturated rings. The SMILES string of the molecule is Cc1cc(NCC2(O)CCOC2)ncc1[N+](=O)[O-]. The molecule has 2 N–H and O–H groups in total. The number of pyridine rings is 1. The fourth-order valence-corrected chi connectivity index (χ4v) is 1.83.